The van der Waals surface area contributed by atoms with E-state index >= 15 is 0 Å². The van der Waals surface area contributed by atoms with Gasteiger partial charge in [0.05, 0.1) is 34.6 Å². The van der Waals surface area contributed by atoms with Crippen LogP contribution in [0.2, 0.25) is 0 Å². The van der Waals surface area contributed by atoms with Gasteiger partial charge in [0, 0.05) is 22.8 Å². The number of aromatic amines is 2. The minimum atomic E-state index is -0.197. The average Bonchev–Trinajstić information content (AvgIpc) is 3.33. The first-order valence-corrected chi connectivity index (χ1v) is 8.66. The molecule has 136 valence electrons. The molecule has 1 amide bonds. The number of rotatable bonds is 4. The van der Waals surface area contributed by atoms with Gasteiger partial charge in [0.1, 0.15) is 0 Å². The molecule has 5 rings (SSSR count). The maximum Gasteiger partial charge on any atom is 0.255 e. The summed E-state index contributed by atoms with van der Waals surface area (Å²) in [6.07, 6.45) is 5.16. The second-order valence-corrected chi connectivity index (χ2v) is 6.31. The van der Waals surface area contributed by atoms with Crippen molar-refractivity contribution in [1.82, 2.24) is 25.1 Å². The van der Waals surface area contributed by atoms with Gasteiger partial charge in [-0.05, 0) is 48.5 Å². The van der Waals surface area contributed by atoms with Gasteiger partial charge in [-0.1, -0.05) is 0 Å². The highest BCUT2D eigenvalue weighted by atomic mass is 16.1. The Morgan fingerprint density at radius 3 is 2.82 bits per heavy atom. The zero-order valence-corrected chi connectivity index (χ0v) is 14.6. The Labute approximate surface area is 159 Å². The fourth-order valence-corrected chi connectivity index (χ4v) is 3.00. The number of anilines is 3. The number of carbonyl (C=O) groups is 1. The molecule has 8 nitrogen and oxygen atoms in total. The van der Waals surface area contributed by atoms with E-state index in [1.807, 2.05) is 36.4 Å². The van der Waals surface area contributed by atoms with Crippen LogP contribution >= 0.6 is 0 Å². The lowest BCUT2D eigenvalue weighted by Crippen LogP contribution is -2.11. The number of hydrogen-bond donors (Lipinski definition) is 4. The van der Waals surface area contributed by atoms with Crippen LogP contribution in [0.5, 0.6) is 0 Å². The molecule has 0 aliphatic heterocycles. The third kappa shape index (κ3) is 3.03. The van der Waals surface area contributed by atoms with Gasteiger partial charge in [-0.15, -0.1) is 0 Å². The molecule has 0 fully saturated rings. The first-order valence-electron chi connectivity index (χ1n) is 8.66. The van der Waals surface area contributed by atoms with Gasteiger partial charge in [0.25, 0.3) is 5.91 Å². The van der Waals surface area contributed by atoms with E-state index in [0.717, 1.165) is 27.6 Å². The summed E-state index contributed by atoms with van der Waals surface area (Å²) in [5.41, 5.74) is 4.46. The van der Waals surface area contributed by atoms with E-state index < -0.39 is 0 Å². The number of benzene rings is 2. The summed E-state index contributed by atoms with van der Waals surface area (Å²) in [4.78, 5) is 24.4. The molecular formula is C20H15N7O. The Bertz CT molecular complexity index is 1290. The quantitative estimate of drug-likeness (QED) is 0.385. The van der Waals surface area contributed by atoms with Crippen LogP contribution in [0, 0.1) is 0 Å². The number of H-pyrrole nitrogens is 2. The normalized spacial score (nSPS) is 11.0. The van der Waals surface area contributed by atoms with Crippen LogP contribution in [-0.4, -0.2) is 31.1 Å². The lowest BCUT2D eigenvalue weighted by Gasteiger charge is -2.05. The summed E-state index contributed by atoms with van der Waals surface area (Å²) >= 11 is 0. The summed E-state index contributed by atoms with van der Waals surface area (Å²) in [6, 6.07) is 14.7. The van der Waals surface area contributed by atoms with Crippen molar-refractivity contribution in [1.29, 1.82) is 0 Å². The molecular weight excluding hydrogens is 354 g/mol. The number of nitrogens with one attached hydrogen (secondary N) is 4. The molecule has 3 aromatic heterocycles. The minimum absolute atomic E-state index is 0.197. The van der Waals surface area contributed by atoms with Gasteiger partial charge in [-0.2, -0.15) is 5.10 Å². The molecule has 0 unspecified atom stereocenters. The molecule has 0 radical (unpaired) electrons. The monoisotopic (exact) mass is 369 g/mol. The number of amides is 1. The van der Waals surface area contributed by atoms with Crippen molar-refractivity contribution in [2.24, 2.45) is 0 Å². The highest BCUT2D eigenvalue weighted by Crippen LogP contribution is 2.21. The Balaban J connectivity index is 1.38. The Hall–Kier alpha value is -4.20. The van der Waals surface area contributed by atoms with E-state index in [2.05, 4.69) is 35.8 Å². The van der Waals surface area contributed by atoms with Crippen molar-refractivity contribution in [3.8, 4) is 0 Å². The molecule has 0 aliphatic carbocycles. The topological polar surface area (TPSA) is 111 Å². The summed E-state index contributed by atoms with van der Waals surface area (Å²) < 4.78 is 0. The average molecular weight is 369 g/mol. The third-order valence-corrected chi connectivity index (χ3v) is 4.37. The maximum atomic E-state index is 12.6. The van der Waals surface area contributed by atoms with E-state index in [1.54, 1.807) is 30.7 Å². The molecule has 3 heterocycles. The molecule has 0 atom stereocenters. The Kier molecular flexibility index (Phi) is 3.72. The molecule has 8 heteroatoms. The predicted octanol–water partition coefficient (Wildman–Crippen LogP) is 3.83. The van der Waals surface area contributed by atoms with Crippen molar-refractivity contribution in [3.05, 3.63) is 72.7 Å². The van der Waals surface area contributed by atoms with Crippen LogP contribution < -0.4 is 10.6 Å². The van der Waals surface area contributed by atoms with E-state index in [4.69, 9.17) is 0 Å². The van der Waals surface area contributed by atoms with Crippen molar-refractivity contribution in [2.45, 2.75) is 0 Å². The fraction of sp³-hybridized carbons (Fsp3) is 0. The lowest BCUT2D eigenvalue weighted by molar-refractivity contribution is 0.102. The van der Waals surface area contributed by atoms with Gasteiger partial charge >= 0.3 is 0 Å². The van der Waals surface area contributed by atoms with Gasteiger partial charge in [-0.25, -0.2) is 4.98 Å². The lowest BCUT2D eigenvalue weighted by atomic mass is 10.1. The summed E-state index contributed by atoms with van der Waals surface area (Å²) in [5.74, 6) is 0.391. The number of pyridine rings is 1. The van der Waals surface area contributed by atoms with Crippen LogP contribution in [0.15, 0.2) is 67.1 Å². The molecule has 28 heavy (non-hydrogen) atoms. The van der Waals surface area contributed by atoms with Crippen LogP contribution in [0.3, 0.4) is 0 Å². The molecule has 2 aromatic carbocycles. The molecule has 0 spiro atoms. The van der Waals surface area contributed by atoms with E-state index in [1.165, 1.54) is 0 Å². The first-order chi connectivity index (χ1) is 13.7. The minimum Gasteiger partial charge on any atom is -0.324 e. The van der Waals surface area contributed by atoms with Crippen molar-refractivity contribution < 1.29 is 4.79 Å². The van der Waals surface area contributed by atoms with Gasteiger partial charge < -0.3 is 15.6 Å². The second-order valence-electron chi connectivity index (χ2n) is 6.31. The number of hydrogen-bond acceptors (Lipinski definition) is 5. The zero-order valence-electron chi connectivity index (χ0n) is 14.6. The smallest absolute Gasteiger partial charge is 0.255 e. The van der Waals surface area contributed by atoms with Crippen molar-refractivity contribution in [3.63, 3.8) is 0 Å². The molecule has 0 saturated heterocycles. The molecule has 5 aromatic rings. The maximum absolute atomic E-state index is 12.6. The first kappa shape index (κ1) is 16.0. The number of aromatic nitrogens is 5. The SMILES string of the molecule is O=C(Nc1ccc2cn[nH]c2c1)c1ccc2nc(Nc3cccnc3)[nH]c2c1. The number of fused-ring (bicyclic) bond motifs is 2. The van der Waals surface area contributed by atoms with Crippen LogP contribution in [0.1, 0.15) is 10.4 Å². The van der Waals surface area contributed by atoms with Gasteiger partial charge in [0.2, 0.25) is 5.95 Å². The molecule has 0 bridgehead atoms. The zero-order chi connectivity index (χ0) is 18.9. The molecule has 0 aliphatic rings. The van der Waals surface area contributed by atoms with E-state index in [-0.39, 0.29) is 5.91 Å². The third-order valence-electron chi connectivity index (χ3n) is 4.37. The van der Waals surface area contributed by atoms with Crippen molar-refractivity contribution in [2.75, 3.05) is 10.6 Å². The standard InChI is InChI=1S/C20H15N7O/c28-19(23-14-5-3-13-10-22-27-17(13)9-14)12-4-6-16-18(8-12)26-20(25-16)24-15-2-1-7-21-11-15/h1-11H,(H,22,27)(H,23,28)(H2,24,25,26). The van der Waals surface area contributed by atoms with Crippen LogP contribution in [0.4, 0.5) is 17.3 Å². The van der Waals surface area contributed by atoms with E-state index in [9.17, 15) is 4.79 Å². The van der Waals surface area contributed by atoms with E-state index in [0.29, 0.717) is 17.2 Å². The van der Waals surface area contributed by atoms with Gasteiger partial charge in [0.15, 0.2) is 0 Å². The number of nitrogens with zero attached hydrogens (tertiary/aromatic N) is 3. The van der Waals surface area contributed by atoms with Gasteiger partial charge in [-0.3, -0.25) is 14.9 Å². The van der Waals surface area contributed by atoms with Crippen LogP contribution in [-0.2, 0) is 0 Å². The summed E-state index contributed by atoms with van der Waals surface area (Å²) in [5, 5.41) is 13.9. The molecule has 0 saturated carbocycles. The van der Waals surface area contributed by atoms with Crippen LogP contribution in [0.25, 0.3) is 21.9 Å². The summed E-state index contributed by atoms with van der Waals surface area (Å²) in [7, 11) is 0. The Morgan fingerprint density at radius 2 is 1.93 bits per heavy atom. The largest absolute Gasteiger partial charge is 0.324 e. The fourth-order valence-electron chi connectivity index (χ4n) is 3.00. The Morgan fingerprint density at radius 1 is 0.964 bits per heavy atom. The predicted molar refractivity (Wildman–Crippen MR) is 108 cm³/mol. The molecule has 4 N–H and O–H groups in total. The highest BCUT2D eigenvalue weighted by molar-refractivity contribution is 6.06. The second kappa shape index (κ2) is 6.51. The number of imidazole rings is 1. The highest BCUT2D eigenvalue weighted by Gasteiger charge is 2.10. The van der Waals surface area contributed by atoms with Crippen molar-refractivity contribution >= 4 is 45.2 Å². The number of carbonyl (C=O) groups excluding carboxylic acids is 1. The summed E-state index contributed by atoms with van der Waals surface area (Å²) in [6.45, 7) is 0.